The zero-order chi connectivity index (χ0) is 57.3. The van der Waals surface area contributed by atoms with Gasteiger partial charge >= 0.3 is 47.8 Å². The summed E-state index contributed by atoms with van der Waals surface area (Å²) in [6.07, 6.45) is 1.74. The minimum Gasteiger partial charge on any atom is -0.481 e. The summed E-state index contributed by atoms with van der Waals surface area (Å²) < 4.78 is 0.580. The molecule has 28 nitrogen and oxygen atoms in total. The van der Waals surface area contributed by atoms with E-state index < -0.39 is 91.2 Å². The molecule has 0 saturated heterocycles. The van der Waals surface area contributed by atoms with E-state index in [1.807, 2.05) is 0 Å². The average molecular weight is 1150 g/mol. The standard InChI is InChI=1S/C48H69BrN10O18/c49-37-14-9-32(26-53-37)29-59(20-4-2-5-34(45(71)72)55-48(77)56-35(46(73)74)12-16-40(62)63)44(70)33-10-7-31(8-11-33)25-54-38(60)6-1-3-17-52-39(61)15-13-36(47(75)76)58(22-19-51-28-42(66)67)24-23-57(30-43(68)69)21-18-50-27-41(64)65/h7-11,14,26,34-36,50-51H,1-6,12-13,15-25,27-30H2,(H,52,61)(H,54,60)(H,62,63)(H,64,65)(H,66,67)(H,68,69)(H,71,72)(H,73,74)(H,75,76)(H2,55,56,77)/t34?,35-,36?/m1/s1. The number of carboxylic acid groups (broad SMARTS) is 7. The third-order valence-corrected chi connectivity index (χ3v) is 12.0. The van der Waals surface area contributed by atoms with Crippen LogP contribution in [-0.2, 0) is 56.2 Å². The lowest BCUT2D eigenvalue weighted by Crippen LogP contribution is -2.51. The number of unbranched alkanes of at least 4 members (excludes halogenated alkanes) is 2. The van der Waals surface area contributed by atoms with Crippen LogP contribution in [0.1, 0.15) is 85.7 Å². The molecule has 13 N–H and O–H groups in total. The number of rotatable bonds is 42. The molecule has 77 heavy (non-hydrogen) atoms. The zero-order valence-corrected chi connectivity index (χ0v) is 43.9. The highest BCUT2D eigenvalue weighted by Gasteiger charge is 2.28. The summed E-state index contributed by atoms with van der Waals surface area (Å²) in [6.45, 7) is 0.0685. The van der Waals surface area contributed by atoms with E-state index in [0.717, 1.165) is 0 Å². The van der Waals surface area contributed by atoms with Crippen molar-refractivity contribution in [3.8, 4) is 0 Å². The molecule has 2 unspecified atom stereocenters. The molecule has 1 heterocycles. The van der Waals surface area contributed by atoms with Crippen LogP contribution in [0, 0.1) is 0 Å². The van der Waals surface area contributed by atoms with Crippen molar-refractivity contribution < 1.29 is 88.5 Å². The van der Waals surface area contributed by atoms with Gasteiger partial charge in [-0.25, -0.2) is 19.4 Å². The molecule has 1 aromatic heterocycles. The van der Waals surface area contributed by atoms with Gasteiger partial charge in [0.1, 0.15) is 22.7 Å². The number of nitrogens with one attached hydrogen (secondary N) is 6. The highest BCUT2D eigenvalue weighted by Crippen LogP contribution is 2.16. The summed E-state index contributed by atoms with van der Waals surface area (Å²) in [5, 5.41) is 80.4. The third kappa shape index (κ3) is 29.5. The van der Waals surface area contributed by atoms with E-state index in [-0.39, 0.29) is 122 Å². The number of pyridine rings is 1. The molecule has 2 aromatic rings. The normalized spacial score (nSPS) is 12.2. The first-order valence-electron chi connectivity index (χ1n) is 24.6. The first-order valence-corrected chi connectivity index (χ1v) is 25.4. The molecule has 0 radical (unpaired) electrons. The molecule has 426 valence electrons. The SMILES string of the molecule is O=C(O)CC[C@@H](NC(=O)NC(CCCCN(Cc1ccc(Br)nc1)C(=O)c1ccc(CNC(=O)CCCCNC(=O)CCC(C(=O)O)N(CCNCC(=O)O)CCN(CCNCC(=O)O)CC(=O)O)cc1)C(=O)O)C(=O)O. The summed E-state index contributed by atoms with van der Waals surface area (Å²) in [5.41, 5.74) is 1.72. The van der Waals surface area contributed by atoms with E-state index in [9.17, 15) is 73.2 Å². The number of hydrogen-bond acceptors (Lipinski definition) is 16. The first kappa shape index (κ1) is 65.8. The fourth-order valence-corrected chi connectivity index (χ4v) is 7.70. The Balaban J connectivity index is 1.90. The molecule has 0 fully saturated rings. The minimum absolute atomic E-state index is 0.0374. The van der Waals surface area contributed by atoms with Gasteiger partial charge in [0.05, 0.1) is 19.6 Å². The molecule has 0 aliphatic heterocycles. The maximum absolute atomic E-state index is 13.8. The van der Waals surface area contributed by atoms with Crippen molar-refractivity contribution >= 4 is 81.5 Å². The van der Waals surface area contributed by atoms with Crippen LogP contribution in [0.15, 0.2) is 47.2 Å². The monoisotopic (exact) mass is 1150 g/mol. The smallest absolute Gasteiger partial charge is 0.326 e. The van der Waals surface area contributed by atoms with Gasteiger partial charge in [-0.1, -0.05) is 18.2 Å². The summed E-state index contributed by atoms with van der Waals surface area (Å²) in [6, 6.07) is 4.77. The topological polar surface area (TPSA) is 424 Å². The lowest BCUT2D eigenvalue weighted by Gasteiger charge is -2.31. The van der Waals surface area contributed by atoms with E-state index >= 15 is 0 Å². The number of carbonyl (C=O) groups is 11. The van der Waals surface area contributed by atoms with Gasteiger partial charge in [0, 0.05) is 96.5 Å². The number of aromatic nitrogens is 1. The van der Waals surface area contributed by atoms with E-state index in [0.29, 0.717) is 40.6 Å². The first-order chi connectivity index (χ1) is 36.5. The Kier molecular flexibility index (Phi) is 31.3. The molecule has 0 saturated carbocycles. The van der Waals surface area contributed by atoms with Crippen molar-refractivity contribution in [3.05, 3.63) is 63.9 Å². The van der Waals surface area contributed by atoms with Crippen LogP contribution in [0.3, 0.4) is 0 Å². The van der Waals surface area contributed by atoms with E-state index in [2.05, 4.69) is 52.8 Å². The fraction of sp³-hybridized carbons (Fsp3) is 0.542. The van der Waals surface area contributed by atoms with Crippen LogP contribution in [0.4, 0.5) is 4.79 Å². The minimum atomic E-state index is -1.56. The van der Waals surface area contributed by atoms with Gasteiger partial charge in [-0.15, -0.1) is 0 Å². The van der Waals surface area contributed by atoms with Crippen LogP contribution in [-0.4, -0.2) is 211 Å². The molecule has 29 heteroatoms. The number of nitrogens with zero attached hydrogens (tertiary/aromatic N) is 4. The lowest BCUT2D eigenvalue weighted by molar-refractivity contribution is -0.145. The second kappa shape index (κ2) is 36.6. The zero-order valence-electron chi connectivity index (χ0n) is 42.3. The molecule has 0 bridgehead atoms. The Hall–Kier alpha value is -7.34. The van der Waals surface area contributed by atoms with Crippen molar-refractivity contribution in [2.24, 2.45) is 0 Å². The highest BCUT2D eigenvalue weighted by atomic mass is 79.9. The molecular formula is C48H69BrN10O18. The van der Waals surface area contributed by atoms with E-state index in [1.165, 1.54) is 9.80 Å². The van der Waals surface area contributed by atoms with Gasteiger partial charge in [-0.3, -0.25) is 48.2 Å². The predicted molar refractivity (Wildman–Crippen MR) is 274 cm³/mol. The maximum atomic E-state index is 13.8. The number of carboxylic acids is 7. The Bertz CT molecular complexity index is 2280. The molecule has 0 spiro atoms. The second-order valence-corrected chi connectivity index (χ2v) is 18.4. The number of amides is 5. The average Bonchev–Trinajstić information content (AvgIpc) is 3.36. The summed E-state index contributed by atoms with van der Waals surface area (Å²) in [7, 11) is 0. The van der Waals surface area contributed by atoms with Gasteiger partial charge in [0.25, 0.3) is 5.91 Å². The molecule has 1 aromatic carbocycles. The number of carbonyl (C=O) groups excluding carboxylic acids is 4. The van der Waals surface area contributed by atoms with E-state index in [1.54, 1.807) is 47.5 Å². The van der Waals surface area contributed by atoms with Gasteiger partial charge in [0.2, 0.25) is 11.8 Å². The van der Waals surface area contributed by atoms with Crippen molar-refractivity contribution in [2.45, 2.75) is 95.4 Å². The molecule has 5 amide bonds. The third-order valence-electron chi connectivity index (χ3n) is 11.5. The van der Waals surface area contributed by atoms with Gasteiger partial charge < -0.3 is 72.5 Å². The number of urea groups is 1. The van der Waals surface area contributed by atoms with Gasteiger partial charge in [-0.05, 0) is 90.2 Å². The highest BCUT2D eigenvalue weighted by molar-refractivity contribution is 9.10. The van der Waals surface area contributed by atoms with Crippen LogP contribution < -0.4 is 31.9 Å². The Morgan fingerprint density at radius 1 is 0.545 bits per heavy atom. The molecule has 3 atom stereocenters. The lowest BCUT2D eigenvalue weighted by atomic mass is 10.1. The van der Waals surface area contributed by atoms with Crippen molar-refractivity contribution in [1.82, 2.24) is 51.6 Å². The summed E-state index contributed by atoms with van der Waals surface area (Å²) in [5.74, 6) is -9.83. The fourth-order valence-electron chi connectivity index (χ4n) is 7.46. The molecule has 0 aliphatic rings. The van der Waals surface area contributed by atoms with Gasteiger partial charge in [0.15, 0.2) is 0 Å². The maximum Gasteiger partial charge on any atom is 0.326 e. The van der Waals surface area contributed by atoms with Gasteiger partial charge in [-0.2, -0.15) is 0 Å². The summed E-state index contributed by atoms with van der Waals surface area (Å²) >= 11 is 3.28. The van der Waals surface area contributed by atoms with Crippen molar-refractivity contribution in [2.75, 3.05) is 72.0 Å². The number of halogens is 1. The molecule has 2 rings (SSSR count). The van der Waals surface area contributed by atoms with Crippen molar-refractivity contribution in [1.29, 1.82) is 0 Å². The van der Waals surface area contributed by atoms with Crippen LogP contribution in [0.25, 0.3) is 0 Å². The Labute approximate surface area is 451 Å². The van der Waals surface area contributed by atoms with E-state index in [4.69, 9.17) is 15.3 Å². The summed E-state index contributed by atoms with van der Waals surface area (Å²) in [4.78, 5) is 141. The molecular weight excluding hydrogens is 1080 g/mol. The van der Waals surface area contributed by atoms with Crippen LogP contribution in [0.5, 0.6) is 0 Å². The Morgan fingerprint density at radius 3 is 1.73 bits per heavy atom. The second-order valence-electron chi connectivity index (χ2n) is 17.6. The Morgan fingerprint density at radius 2 is 1.16 bits per heavy atom. The van der Waals surface area contributed by atoms with Crippen molar-refractivity contribution in [3.63, 3.8) is 0 Å². The number of aliphatic carboxylic acids is 7. The number of hydrogen-bond donors (Lipinski definition) is 13. The quantitative estimate of drug-likeness (QED) is 0.0305. The number of benzene rings is 1. The van der Waals surface area contributed by atoms with Crippen LogP contribution in [0.2, 0.25) is 0 Å². The van der Waals surface area contributed by atoms with Crippen LogP contribution >= 0.6 is 15.9 Å². The molecule has 0 aliphatic carbocycles. The largest absolute Gasteiger partial charge is 0.481 e. The predicted octanol–water partition coefficient (Wildman–Crippen LogP) is -0.0997.